The van der Waals surface area contributed by atoms with E-state index in [-0.39, 0.29) is 23.7 Å². The number of carbonyl (C=O) groups excluding carboxylic acids is 2. The Labute approximate surface area is 145 Å². The van der Waals surface area contributed by atoms with Gasteiger partial charge in [0.25, 0.3) is 5.91 Å². The average molecular weight is 340 g/mol. The summed E-state index contributed by atoms with van der Waals surface area (Å²) in [5, 5.41) is 2.92. The number of hydrogen-bond acceptors (Lipinski definition) is 4. The van der Waals surface area contributed by atoms with E-state index in [1.165, 1.54) is 0 Å². The molecule has 1 aliphatic carbocycles. The maximum atomic E-state index is 12.5. The van der Waals surface area contributed by atoms with Gasteiger partial charge in [0, 0.05) is 36.2 Å². The molecule has 6 heteroatoms. The first-order valence-corrected chi connectivity index (χ1v) is 8.54. The molecule has 2 amide bonds. The Kier molecular flexibility index (Phi) is 4.28. The summed E-state index contributed by atoms with van der Waals surface area (Å²) in [5.41, 5.74) is 1.23. The maximum Gasteiger partial charge on any atom is 0.254 e. The van der Waals surface area contributed by atoms with Gasteiger partial charge in [-0.2, -0.15) is 0 Å². The third kappa shape index (κ3) is 3.44. The molecule has 2 atom stereocenters. The van der Waals surface area contributed by atoms with Crippen LogP contribution < -0.4 is 5.32 Å². The fraction of sp³-hybridized carbons (Fsp3) is 0.368. The van der Waals surface area contributed by atoms with Crippen molar-refractivity contribution in [2.45, 2.75) is 12.3 Å². The van der Waals surface area contributed by atoms with Crippen LogP contribution in [0, 0.1) is 5.92 Å². The van der Waals surface area contributed by atoms with Crippen LogP contribution in [0.25, 0.3) is 0 Å². The van der Waals surface area contributed by atoms with Crippen LogP contribution in [0.3, 0.4) is 0 Å². The molecule has 1 saturated heterocycles. The van der Waals surface area contributed by atoms with Crippen molar-refractivity contribution >= 4 is 17.5 Å². The average Bonchev–Trinajstić information content (AvgIpc) is 3.27. The Morgan fingerprint density at radius 3 is 2.72 bits per heavy atom. The summed E-state index contributed by atoms with van der Waals surface area (Å²) < 4.78 is 10.6. The number of amides is 2. The molecule has 1 saturated carbocycles. The van der Waals surface area contributed by atoms with E-state index < -0.39 is 0 Å². The lowest BCUT2D eigenvalue weighted by Crippen LogP contribution is -2.40. The highest BCUT2D eigenvalue weighted by Crippen LogP contribution is 2.48. The minimum Gasteiger partial charge on any atom is -0.469 e. The molecule has 2 unspecified atom stereocenters. The molecule has 130 valence electrons. The van der Waals surface area contributed by atoms with E-state index in [9.17, 15) is 9.59 Å². The van der Waals surface area contributed by atoms with E-state index in [1.54, 1.807) is 35.4 Å². The Morgan fingerprint density at radius 1 is 1.12 bits per heavy atom. The van der Waals surface area contributed by atoms with E-state index in [0.717, 1.165) is 12.2 Å². The molecule has 2 aromatic rings. The Hall–Kier alpha value is -2.60. The largest absolute Gasteiger partial charge is 0.469 e. The molecule has 1 aromatic heterocycles. The molecule has 25 heavy (non-hydrogen) atoms. The zero-order chi connectivity index (χ0) is 17.2. The molecule has 6 nitrogen and oxygen atoms in total. The lowest BCUT2D eigenvalue weighted by atomic mass is 10.1. The second-order valence-electron chi connectivity index (χ2n) is 6.44. The Morgan fingerprint density at radius 2 is 1.96 bits per heavy atom. The Balaban J connectivity index is 1.40. The quantitative estimate of drug-likeness (QED) is 0.928. The minimum atomic E-state index is -0.0650. The summed E-state index contributed by atoms with van der Waals surface area (Å²) >= 11 is 0. The molecular formula is C19H20N2O4. The van der Waals surface area contributed by atoms with Crippen molar-refractivity contribution in [3.8, 4) is 0 Å². The monoisotopic (exact) mass is 340 g/mol. The first-order chi connectivity index (χ1) is 12.2. The van der Waals surface area contributed by atoms with Crippen LogP contribution in [0.2, 0.25) is 0 Å². The summed E-state index contributed by atoms with van der Waals surface area (Å²) in [6.07, 6.45) is 2.43. The number of nitrogens with one attached hydrogen (secondary N) is 1. The number of hydrogen-bond donors (Lipinski definition) is 1. The fourth-order valence-corrected chi connectivity index (χ4v) is 3.22. The van der Waals surface area contributed by atoms with E-state index in [1.807, 2.05) is 12.1 Å². The van der Waals surface area contributed by atoms with Gasteiger partial charge < -0.3 is 19.4 Å². The number of rotatable bonds is 4. The van der Waals surface area contributed by atoms with Gasteiger partial charge in [0.1, 0.15) is 5.76 Å². The lowest BCUT2D eigenvalue weighted by molar-refractivity contribution is -0.117. The molecule has 0 spiro atoms. The predicted molar refractivity (Wildman–Crippen MR) is 91.4 cm³/mol. The zero-order valence-corrected chi connectivity index (χ0v) is 13.8. The summed E-state index contributed by atoms with van der Waals surface area (Å²) in [6, 6.07) is 10.8. The molecule has 0 radical (unpaired) electrons. The molecule has 0 bridgehead atoms. The molecule has 1 N–H and O–H groups in total. The van der Waals surface area contributed by atoms with Gasteiger partial charge >= 0.3 is 0 Å². The van der Waals surface area contributed by atoms with Crippen LogP contribution in [0.15, 0.2) is 47.1 Å². The highest BCUT2D eigenvalue weighted by Gasteiger charge is 2.45. The number of anilines is 1. The number of furan rings is 1. The predicted octanol–water partition coefficient (Wildman–Crippen LogP) is 2.49. The SMILES string of the molecule is O=C(Nc1cccc(C(=O)N2CCOCC2)c1)C1CC1c1ccco1. The molecule has 2 aliphatic rings. The molecule has 1 aromatic carbocycles. The second kappa shape index (κ2) is 6.72. The molecule has 4 rings (SSSR count). The normalized spacial score (nSPS) is 22.5. The summed E-state index contributed by atoms with van der Waals surface area (Å²) in [4.78, 5) is 26.7. The zero-order valence-electron chi connectivity index (χ0n) is 13.8. The number of benzene rings is 1. The summed E-state index contributed by atoms with van der Waals surface area (Å²) in [5.74, 6) is 0.894. The standard InChI is InChI=1S/C19H20N2O4/c22-18(16-12-15(16)17-5-2-8-25-17)20-14-4-1-3-13(11-14)19(23)21-6-9-24-10-7-21/h1-5,8,11,15-16H,6-7,9-10,12H2,(H,20,22). The fourth-order valence-electron chi connectivity index (χ4n) is 3.22. The first kappa shape index (κ1) is 15.9. The highest BCUT2D eigenvalue weighted by atomic mass is 16.5. The number of nitrogens with zero attached hydrogens (tertiary/aromatic N) is 1. The third-order valence-electron chi connectivity index (χ3n) is 4.71. The molecule has 2 fully saturated rings. The topological polar surface area (TPSA) is 71.8 Å². The van der Waals surface area contributed by atoms with Gasteiger partial charge in [0.15, 0.2) is 0 Å². The first-order valence-electron chi connectivity index (χ1n) is 8.54. The van der Waals surface area contributed by atoms with Crippen molar-refractivity contribution in [2.75, 3.05) is 31.6 Å². The van der Waals surface area contributed by atoms with E-state index in [2.05, 4.69) is 5.32 Å². The third-order valence-corrected chi connectivity index (χ3v) is 4.71. The number of morpholine rings is 1. The number of ether oxygens (including phenoxy) is 1. The van der Waals surface area contributed by atoms with Crippen molar-refractivity contribution in [1.82, 2.24) is 4.90 Å². The van der Waals surface area contributed by atoms with Crippen LogP contribution in [0.5, 0.6) is 0 Å². The summed E-state index contributed by atoms with van der Waals surface area (Å²) in [7, 11) is 0. The van der Waals surface area contributed by atoms with Gasteiger partial charge in [-0.1, -0.05) is 6.07 Å². The van der Waals surface area contributed by atoms with Gasteiger partial charge in [0.2, 0.25) is 5.91 Å². The van der Waals surface area contributed by atoms with Crippen LogP contribution in [-0.4, -0.2) is 43.0 Å². The Bertz CT molecular complexity index is 765. The van der Waals surface area contributed by atoms with Crippen LogP contribution >= 0.6 is 0 Å². The molecule has 1 aliphatic heterocycles. The highest BCUT2D eigenvalue weighted by molar-refractivity contribution is 5.98. The molecular weight excluding hydrogens is 320 g/mol. The van der Waals surface area contributed by atoms with E-state index in [4.69, 9.17) is 9.15 Å². The van der Waals surface area contributed by atoms with Crippen LogP contribution in [-0.2, 0) is 9.53 Å². The van der Waals surface area contributed by atoms with Crippen LogP contribution in [0.4, 0.5) is 5.69 Å². The van der Waals surface area contributed by atoms with E-state index in [0.29, 0.717) is 37.6 Å². The maximum absolute atomic E-state index is 12.5. The van der Waals surface area contributed by atoms with Crippen molar-refractivity contribution in [2.24, 2.45) is 5.92 Å². The minimum absolute atomic E-state index is 0.0284. The smallest absolute Gasteiger partial charge is 0.254 e. The van der Waals surface area contributed by atoms with E-state index >= 15 is 0 Å². The van der Waals surface area contributed by atoms with Crippen LogP contribution in [0.1, 0.15) is 28.5 Å². The van der Waals surface area contributed by atoms with Crippen molar-refractivity contribution < 1.29 is 18.7 Å². The second-order valence-corrected chi connectivity index (χ2v) is 6.44. The van der Waals surface area contributed by atoms with Crippen molar-refractivity contribution in [3.63, 3.8) is 0 Å². The van der Waals surface area contributed by atoms with Crippen molar-refractivity contribution in [3.05, 3.63) is 54.0 Å². The molecule has 2 heterocycles. The van der Waals surface area contributed by atoms with Gasteiger partial charge in [-0.15, -0.1) is 0 Å². The van der Waals surface area contributed by atoms with Crippen molar-refractivity contribution in [1.29, 1.82) is 0 Å². The van der Waals surface area contributed by atoms with Gasteiger partial charge in [-0.25, -0.2) is 0 Å². The van der Waals surface area contributed by atoms with Gasteiger partial charge in [-0.3, -0.25) is 9.59 Å². The van der Waals surface area contributed by atoms with Gasteiger partial charge in [0.05, 0.1) is 19.5 Å². The lowest BCUT2D eigenvalue weighted by Gasteiger charge is -2.27. The summed E-state index contributed by atoms with van der Waals surface area (Å²) in [6.45, 7) is 2.33. The van der Waals surface area contributed by atoms with Gasteiger partial charge in [-0.05, 0) is 36.8 Å². The number of carbonyl (C=O) groups is 2.